The fourth-order valence-electron chi connectivity index (χ4n) is 4.69. The number of ether oxygens (including phenoxy) is 2. The van der Waals surface area contributed by atoms with E-state index >= 15 is 0 Å². The van der Waals surface area contributed by atoms with Crippen LogP contribution in [0.15, 0.2) is 0 Å². The Labute approximate surface area is 236 Å². The lowest BCUT2D eigenvalue weighted by molar-refractivity contribution is -0.152. The Morgan fingerprint density at radius 1 is 0.474 bits per heavy atom. The average Bonchev–Trinajstić information content (AvgIpc) is 2.87. The standard InChI is InChI=1S/C33H64O5/c1-29(2)23-19-15-11-9-7-5-6-8-10-12-17-21-25-32(35)37-27-31(34)28-38-33(36)26-22-18-14-13-16-20-24-30(3)4/h29-31,34H,5-28H2,1-4H3/t31-/m1/s1. The summed E-state index contributed by atoms with van der Waals surface area (Å²) in [7, 11) is 0. The van der Waals surface area contributed by atoms with Crippen molar-refractivity contribution in [2.24, 2.45) is 11.8 Å². The van der Waals surface area contributed by atoms with E-state index in [0.29, 0.717) is 12.8 Å². The molecule has 5 nitrogen and oxygen atoms in total. The third kappa shape index (κ3) is 29.5. The quantitative estimate of drug-likeness (QED) is 0.0790. The molecule has 0 fully saturated rings. The van der Waals surface area contributed by atoms with E-state index in [9.17, 15) is 14.7 Å². The fraction of sp³-hybridized carbons (Fsp3) is 0.939. The molecule has 0 aromatic carbocycles. The lowest BCUT2D eigenvalue weighted by Gasteiger charge is -2.12. The van der Waals surface area contributed by atoms with Gasteiger partial charge in [-0.05, 0) is 24.7 Å². The zero-order chi connectivity index (χ0) is 28.3. The zero-order valence-electron chi connectivity index (χ0n) is 25.8. The van der Waals surface area contributed by atoms with Crippen molar-refractivity contribution >= 4 is 11.9 Å². The minimum atomic E-state index is -0.955. The number of aliphatic hydroxyl groups is 1. The Morgan fingerprint density at radius 2 is 0.737 bits per heavy atom. The van der Waals surface area contributed by atoms with E-state index < -0.39 is 6.10 Å². The van der Waals surface area contributed by atoms with E-state index in [1.54, 1.807) is 0 Å². The third-order valence-corrected chi connectivity index (χ3v) is 7.20. The molecule has 1 atom stereocenters. The number of carbonyl (C=O) groups excluding carboxylic acids is 2. The van der Waals surface area contributed by atoms with Crippen LogP contribution in [0.1, 0.15) is 169 Å². The summed E-state index contributed by atoms with van der Waals surface area (Å²) in [6, 6.07) is 0. The number of aliphatic hydroxyl groups excluding tert-OH is 1. The Kier molecular flexibility index (Phi) is 26.7. The summed E-state index contributed by atoms with van der Waals surface area (Å²) in [5.74, 6) is 1.06. The molecule has 0 aromatic rings. The van der Waals surface area contributed by atoms with Gasteiger partial charge < -0.3 is 14.6 Å². The molecule has 0 aromatic heterocycles. The highest BCUT2D eigenvalue weighted by Gasteiger charge is 2.12. The third-order valence-electron chi connectivity index (χ3n) is 7.20. The molecule has 0 aliphatic rings. The van der Waals surface area contributed by atoms with Gasteiger partial charge in [-0.1, -0.05) is 143 Å². The maximum atomic E-state index is 11.9. The molecule has 0 heterocycles. The SMILES string of the molecule is CC(C)CCCCCCCCCCCCCCC(=O)OC[C@@H](O)COC(=O)CCCCCCCCC(C)C. The minimum absolute atomic E-state index is 0.111. The van der Waals surface area contributed by atoms with Gasteiger partial charge in [0.05, 0.1) is 0 Å². The van der Waals surface area contributed by atoms with Gasteiger partial charge in [-0.25, -0.2) is 0 Å². The second-order valence-corrected chi connectivity index (χ2v) is 12.2. The number of hydrogen-bond donors (Lipinski definition) is 1. The van der Waals surface area contributed by atoms with E-state index in [-0.39, 0.29) is 25.2 Å². The molecule has 38 heavy (non-hydrogen) atoms. The van der Waals surface area contributed by atoms with Gasteiger partial charge in [0.25, 0.3) is 0 Å². The molecule has 0 aliphatic heterocycles. The molecule has 0 rings (SSSR count). The van der Waals surface area contributed by atoms with Crippen LogP contribution in [-0.2, 0) is 19.1 Å². The van der Waals surface area contributed by atoms with Crippen LogP contribution < -0.4 is 0 Å². The van der Waals surface area contributed by atoms with E-state index in [4.69, 9.17) is 9.47 Å². The minimum Gasteiger partial charge on any atom is -0.463 e. The normalized spacial score (nSPS) is 12.3. The summed E-state index contributed by atoms with van der Waals surface area (Å²) >= 11 is 0. The first kappa shape index (κ1) is 36.9. The van der Waals surface area contributed by atoms with E-state index in [1.807, 2.05) is 0 Å². The maximum Gasteiger partial charge on any atom is 0.305 e. The van der Waals surface area contributed by atoms with Gasteiger partial charge in [-0.15, -0.1) is 0 Å². The number of esters is 2. The molecular weight excluding hydrogens is 476 g/mol. The predicted molar refractivity (Wildman–Crippen MR) is 159 cm³/mol. The highest BCUT2D eigenvalue weighted by Crippen LogP contribution is 2.15. The topological polar surface area (TPSA) is 72.8 Å². The molecule has 0 saturated carbocycles. The van der Waals surface area contributed by atoms with Crippen molar-refractivity contribution in [2.75, 3.05) is 13.2 Å². The van der Waals surface area contributed by atoms with Gasteiger partial charge in [0.15, 0.2) is 0 Å². The highest BCUT2D eigenvalue weighted by molar-refractivity contribution is 5.69. The van der Waals surface area contributed by atoms with Gasteiger partial charge in [0.2, 0.25) is 0 Å². The Morgan fingerprint density at radius 3 is 1.03 bits per heavy atom. The van der Waals surface area contributed by atoms with E-state index in [1.165, 1.54) is 96.3 Å². The molecule has 226 valence electrons. The molecule has 0 amide bonds. The summed E-state index contributed by atoms with van der Waals surface area (Å²) in [5.41, 5.74) is 0. The Balaban J connectivity index is 3.41. The van der Waals surface area contributed by atoms with Crippen LogP contribution in [-0.4, -0.2) is 36.4 Å². The summed E-state index contributed by atoms with van der Waals surface area (Å²) in [6.07, 6.45) is 24.5. The number of unbranched alkanes of at least 4 members (excludes halogenated alkanes) is 16. The van der Waals surface area contributed by atoms with Crippen LogP contribution in [0.2, 0.25) is 0 Å². The van der Waals surface area contributed by atoms with Crippen LogP contribution >= 0.6 is 0 Å². The average molecular weight is 541 g/mol. The molecule has 0 bridgehead atoms. The van der Waals surface area contributed by atoms with Crippen molar-refractivity contribution in [1.29, 1.82) is 0 Å². The molecule has 0 saturated heterocycles. The largest absolute Gasteiger partial charge is 0.463 e. The first-order valence-electron chi connectivity index (χ1n) is 16.3. The zero-order valence-corrected chi connectivity index (χ0v) is 25.8. The summed E-state index contributed by atoms with van der Waals surface area (Å²) in [4.78, 5) is 23.7. The van der Waals surface area contributed by atoms with Crippen molar-refractivity contribution in [3.8, 4) is 0 Å². The lowest BCUT2D eigenvalue weighted by atomic mass is 10.0. The number of carbonyl (C=O) groups is 2. The Bertz CT molecular complexity index is 531. The van der Waals surface area contributed by atoms with Crippen molar-refractivity contribution < 1.29 is 24.2 Å². The molecule has 0 unspecified atom stereocenters. The van der Waals surface area contributed by atoms with Gasteiger partial charge in [-0.3, -0.25) is 9.59 Å². The van der Waals surface area contributed by atoms with Crippen LogP contribution in [0, 0.1) is 11.8 Å². The van der Waals surface area contributed by atoms with E-state index in [0.717, 1.165) is 43.9 Å². The molecular formula is C33H64O5. The molecule has 1 N–H and O–H groups in total. The van der Waals surface area contributed by atoms with Gasteiger partial charge in [0.1, 0.15) is 19.3 Å². The monoisotopic (exact) mass is 540 g/mol. The summed E-state index contributed by atoms with van der Waals surface area (Å²) in [5, 5.41) is 9.93. The van der Waals surface area contributed by atoms with Crippen LogP contribution in [0.4, 0.5) is 0 Å². The highest BCUT2D eigenvalue weighted by atomic mass is 16.6. The van der Waals surface area contributed by atoms with Crippen molar-refractivity contribution in [1.82, 2.24) is 0 Å². The van der Waals surface area contributed by atoms with E-state index in [2.05, 4.69) is 27.7 Å². The molecule has 0 aliphatic carbocycles. The predicted octanol–water partition coefficient (Wildman–Crippen LogP) is 9.33. The van der Waals surface area contributed by atoms with Gasteiger partial charge in [0, 0.05) is 12.8 Å². The first-order chi connectivity index (χ1) is 18.3. The van der Waals surface area contributed by atoms with Crippen molar-refractivity contribution in [3.05, 3.63) is 0 Å². The first-order valence-corrected chi connectivity index (χ1v) is 16.3. The fourth-order valence-corrected chi connectivity index (χ4v) is 4.69. The number of hydrogen-bond acceptors (Lipinski definition) is 5. The van der Waals surface area contributed by atoms with Crippen LogP contribution in [0.25, 0.3) is 0 Å². The lowest BCUT2D eigenvalue weighted by Crippen LogP contribution is -2.25. The molecule has 5 heteroatoms. The van der Waals surface area contributed by atoms with Gasteiger partial charge >= 0.3 is 11.9 Å². The number of rotatable bonds is 28. The summed E-state index contributed by atoms with van der Waals surface area (Å²) in [6.45, 7) is 8.90. The van der Waals surface area contributed by atoms with Crippen LogP contribution in [0.3, 0.4) is 0 Å². The van der Waals surface area contributed by atoms with Crippen molar-refractivity contribution in [2.45, 2.75) is 175 Å². The smallest absolute Gasteiger partial charge is 0.305 e. The summed E-state index contributed by atoms with van der Waals surface area (Å²) < 4.78 is 10.3. The second-order valence-electron chi connectivity index (χ2n) is 12.2. The Hall–Kier alpha value is -1.10. The molecule has 0 radical (unpaired) electrons. The maximum absolute atomic E-state index is 11.9. The van der Waals surface area contributed by atoms with Gasteiger partial charge in [-0.2, -0.15) is 0 Å². The van der Waals surface area contributed by atoms with Crippen LogP contribution in [0.5, 0.6) is 0 Å². The second kappa shape index (κ2) is 27.5. The molecule has 0 spiro atoms. The van der Waals surface area contributed by atoms with Crippen molar-refractivity contribution in [3.63, 3.8) is 0 Å².